The number of likely N-dealkylation sites (tertiary alicyclic amines) is 1. The second-order valence-corrected chi connectivity index (χ2v) is 6.80. The number of hydrogen-bond acceptors (Lipinski definition) is 5. The molecule has 1 saturated heterocycles. The molecule has 0 amide bonds. The van der Waals surface area contributed by atoms with Crippen LogP contribution in [0.5, 0.6) is 11.5 Å². The fraction of sp³-hybridized carbons (Fsp3) is 0.429. The molecule has 0 aliphatic carbocycles. The lowest BCUT2D eigenvalue weighted by Gasteiger charge is -2.17. The highest BCUT2D eigenvalue weighted by Crippen LogP contribution is 2.22. The summed E-state index contributed by atoms with van der Waals surface area (Å²) in [5.74, 6) is 1.62. The smallest absolute Gasteiger partial charge is 0.138 e. The molecule has 140 valence electrons. The first kappa shape index (κ1) is 18.7. The number of β-amino-alcohol motifs (C(OH)–C–C–N with tert-alkyl or cyclic N) is 1. The maximum absolute atomic E-state index is 10.3. The predicted molar refractivity (Wildman–Crippen MR) is 101 cm³/mol. The highest BCUT2D eigenvalue weighted by Gasteiger charge is 2.32. The maximum atomic E-state index is 10.3. The lowest BCUT2D eigenvalue weighted by atomic mass is 10.2. The second kappa shape index (κ2) is 9.03. The van der Waals surface area contributed by atoms with Gasteiger partial charge in [0.25, 0.3) is 0 Å². The Bertz CT molecular complexity index is 689. The Morgan fingerprint density at radius 1 is 1.08 bits per heavy atom. The van der Waals surface area contributed by atoms with Gasteiger partial charge in [0.15, 0.2) is 0 Å². The van der Waals surface area contributed by atoms with Crippen LogP contribution in [-0.4, -0.2) is 53.6 Å². The Morgan fingerprint density at radius 3 is 2.62 bits per heavy atom. The van der Waals surface area contributed by atoms with Gasteiger partial charge in [0, 0.05) is 32.7 Å². The summed E-state index contributed by atoms with van der Waals surface area (Å²) in [5, 5.41) is 19.1. The van der Waals surface area contributed by atoms with Gasteiger partial charge < -0.3 is 19.7 Å². The molecular formula is C21H27NO4. The van der Waals surface area contributed by atoms with Crippen LogP contribution in [0.1, 0.15) is 17.5 Å². The van der Waals surface area contributed by atoms with Crippen molar-refractivity contribution in [1.29, 1.82) is 0 Å². The molecule has 0 unspecified atom stereocenters. The van der Waals surface area contributed by atoms with Gasteiger partial charge in [-0.1, -0.05) is 24.3 Å². The normalized spacial score (nSPS) is 20.3. The third-order valence-corrected chi connectivity index (χ3v) is 4.49. The molecule has 26 heavy (non-hydrogen) atoms. The largest absolute Gasteiger partial charge is 0.494 e. The highest BCUT2D eigenvalue weighted by atomic mass is 16.5. The molecule has 5 heteroatoms. The molecule has 1 aliphatic heterocycles. The molecule has 2 aromatic rings. The van der Waals surface area contributed by atoms with Gasteiger partial charge in [-0.3, -0.25) is 4.90 Å². The van der Waals surface area contributed by atoms with Crippen molar-refractivity contribution in [2.75, 3.05) is 26.3 Å². The zero-order valence-corrected chi connectivity index (χ0v) is 15.2. The van der Waals surface area contributed by atoms with E-state index in [1.807, 2.05) is 55.5 Å². The topological polar surface area (TPSA) is 62.2 Å². The summed E-state index contributed by atoms with van der Waals surface area (Å²) in [5.41, 5.74) is 2.32. The van der Waals surface area contributed by atoms with Gasteiger partial charge in [0.05, 0.1) is 6.61 Å². The Labute approximate surface area is 154 Å². The van der Waals surface area contributed by atoms with Gasteiger partial charge in [0.1, 0.15) is 23.7 Å². The number of aliphatic hydroxyl groups is 2. The molecule has 1 heterocycles. The molecule has 0 bridgehead atoms. The number of ether oxygens (including phenoxy) is 2. The summed E-state index contributed by atoms with van der Waals surface area (Å²) in [6, 6.07) is 15.9. The number of aryl methyl sites for hydroxylation is 1. The first-order valence-electron chi connectivity index (χ1n) is 9.10. The Kier molecular flexibility index (Phi) is 6.50. The maximum Gasteiger partial charge on any atom is 0.138 e. The van der Waals surface area contributed by atoms with Crippen LogP contribution in [0.25, 0.3) is 0 Å². The number of benzene rings is 2. The summed E-state index contributed by atoms with van der Waals surface area (Å²) >= 11 is 0. The van der Waals surface area contributed by atoms with E-state index < -0.39 is 6.10 Å². The zero-order chi connectivity index (χ0) is 18.4. The van der Waals surface area contributed by atoms with E-state index in [9.17, 15) is 5.11 Å². The van der Waals surface area contributed by atoms with Crippen LogP contribution in [-0.2, 0) is 6.54 Å². The van der Waals surface area contributed by atoms with Gasteiger partial charge in [-0.15, -0.1) is 0 Å². The minimum absolute atomic E-state index is 0.140. The fourth-order valence-corrected chi connectivity index (χ4v) is 3.15. The van der Waals surface area contributed by atoms with Crippen LogP contribution < -0.4 is 9.47 Å². The monoisotopic (exact) mass is 357 g/mol. The predicted octanol–water partition coefficient (Wildman–Crippen LogP) is 2.38. The van der Waals surface area contributed by atoms with Crippen LogP contribution in [0.15, 0.2) is 48.5 Å². The lowest BCUT2D eigenvalue weighted by molar-refractivity contribution is 0.0736. The standard InChI is InChI=1S/C21H27NO4/c1-16-4-2-5-19(12-16)26-21-15-22(14-20(21)24)13-17-6-8-18(9-7-17)25-11-3-10-23/h2,4-9,12,20-21,23-24H,3,10-11,13-15H2,1H3/t20-,21-/m0/s1. The number of rotatable bonds is 8. The van der Waals surface area contributed by atoms with Crippen molar-refractivity contribution in [2.24, 2.45) is 0 Å². The summed E-state index contributed by atoms with van der Waals surface area (Å²) in [6.07, 6.45) is -0.0649. The van der Waals surface area contributed by atoms with Gasteiger partial charge in [-0.05, 0) is 42.3 Å². The molecule has 3 rings (SSSR count). The van der Waals surface area contributed by atoms with Crippen molar-refractivity contribution >= 4 is 0 Å². The molecule has 0 spiro atoms. The Morgan fingerprint density at radius 2 is 1.88 bits per heavy atom. The molecule has 2 aromatic carbocycles. The first-order valence-corrected chi connectivity index (χ1v) is 9.10. The highest BCUT2D eigenvalue weighted by molar-refractivity contribution is 5.28. The van der Waals surface area contributed by atoms with Crippen LogP contribution in [0.4, 0.5) is 0 Å². The van der Waals surface area contributed by atoms with E-state index in [4.69, 9.17) is 14.6 Å². The van der Waals surface area contributed by atoms with E-state index in [0.717, 1.165) is 23.6 Å². The molecular weight excluding hydrogens is 330 g/mol. The van der Waals surface area contributed by atoms with E-state index in [0.29, 0.717) is 26.1 Å². The van der Waals surface area contributed by atoms with E-state index in [-0.39, 0.29) is 12.7 Å². The van der Waals surface area contributed by atoms with Crippen LogP contribution in [0.2, 0.25) is 0 Å². The minimum Gasteiger partial charge on any atom is -0.494 e. The van der Waals surface area contributed by atoms with Crippen molar-refractivity contribution < 1.29 is 19.7 Å². The van der Waals surface area contributed by atoms with Gasteiger partial charge in [-0.2, -0.15) is 0 Å². The number of aliphatic hydroxyl groups excluding tert-OH is 2. The summed E-state index contributed by atoms with van der Waals surface area (Å²) in [4.78, 5) is 2.20. The number of hydrogen-bond donors (Lipinski definition) is 2. The Hall–Kier alpha value is -2.08. The molecule has 2 atom stereocenters. The summed E-state index contributed by atoms with van der Waals surface area (Å²) < 4.78 is 11.5. The van der Waals surface area contributed by atoms with Gasteiger partial charge in [0.2, 0.25) is 0 Å². The summed E-state index contributed by atoms with van der Waals surface area (Å²) in [6.45, 7) is 4.76. The molecule has 2 N–H and O–H groups in total. The molecule has 1 fully saturated rings. The van der Waals surface area contributed by atoms with Gasteiger partial charge in [-0.25, -0.2) is 0 Å². The van der Waals surface area contributed by atoms with E-state index >= 15 is 0 Å². The first-order chi connectivity index (χ1) is 12.6. The quantitative estimate of drug-likeness (QED) is 0.711. The van der Waals surface area contributed by atoms with Gasteiger partial charge >= 0.3 is 0 Å². The Balaban J connectivity index is 1.51. The molecule has 0 aromatic heterocycles. The van der Waals surface area contributed by atoms with Crippen molar-refractivity contribution in [3.05, 3.63) is 59.7 Å². The van der Waals surface area contributed by atoms with Crippen molar-refractivity contribution in [2.45, 2.75) is 32.1 Å². The fourth-order valence-electron chi connectivity index (χ4n) is 3.15. The molecule has 0 saturated carbocycles. The SMILES string of the molecule is Cc1cccc(O[C@H]2CN(Cc3ccc(OCCCO)cc3)C[C@@H]2O)c1. The third kappa shape index (κ3) is 5.21. The minimum atomic E-state index is -0.489. The zero-order valence-electron chi connectivity index (χ0n) is 15.2. The van der Waals surface area contributed by atoms with Crippen molar-refractivity contribution in [1.82, 2.24) is 4.90 Å². The van der Waals surface area contributed by atoms with Crippen LogP contribution in [0.3, 0.4) is 0 Å². The van der Waals surface area contributed by atoms with E-state index in [1.54, 1.807) is 0 Å². The van der Waals surface area contributed by atoms with Crippen LogP contribution in [0, 0.1) is 6.92 Å². The van der Waals surface area contributed by atoms with E-state index in [2.05, 4.69) is 4.90 Å². The molecule has 1 aliphatic rings. The van der Waals surface area contributed by atoms with E-state index in [1.165, 1.54) is 5.56 Å². The van der Waals surface area contributed by atoms with Crippen molar-refractivity contribution in [3.8, 4) is 11.5 Å². The molecule has 5 nitrogen and oxygen atoms in total. The van der Waals surface area contributed by atoms with Crippen molar-refractivity contribution in [3.63, 3.8) is 0 Å². The average Bonchev–Trinajstić information content (AvgIpc) is 2.96. The molecule has 0 radical (unpaired) electrons. The average molecular weight is 357 g/mol. The number of nitrogens with zero attached hydrogens (tertiary/aromatic N) is 1. The second-order valence-electron chi connectivity index (χ2n) is 6.80. The summed E-state index contributed by atoms with van der Waals surface area (Å²) in [7, 11) is 0. The third-order valence-electron chi connectivity index (χ3n) is 4.49. The lowest BCUT2D eigenvalue weighted by Crippen LogP contribution is -2.29. The van der Waals surface area contributed by atoms with Crippen LogP contribution >= 0.6 is 0 Å².